The number of aliphatic hydroxyl groups is 5. The molecule has 0 aromatic heterocycles. The van der Waals surface area contributed by atoms with Crippen LogP contribution >= 0.6 is 0 Å². The molecule has 0 amide bonds. The van der Waals surface area contributed by atoms with Crippen LogP contribution in [0.5, 0.6) is 0 Å². The summed E-state index contributed by atoms with van der Waals surface area (Å²) in [6.07, 6.45) is -11.4. The maximum Gasteiger partial charge on any atom is 0.335 e. The number of ether oxygens (including phenoxy) is 3. The SMILES string of the molecule is CCC1=N[C@@H]2C([C@@H]3O[C@H](C(=O)O)[C@@H](O)[C@H](O)[C@H]3O)[C@@H](O)[C@@H](CO)O[C@@H]2O1. The normalized spacial score (nSPS) is 48.5. The lowest BCUT2D eigenvalue weighted by molar-refractivity contribution is -0.279. The second-order valence-corrected chi connectivity index (χ2v) is 6.61. The highest BCUT2D eigenvalue weighted by atomic mass is 16.7. The van der Waals surface area contributed by atoms with Gasteiger partial charge < -0.3 is 44.8 Å². The predicted octanol–water partition coefficient (Wildman–Crippen LogP) is -3.18. The number of carbonyl (C=O) groups is 1. The zero-order valence-corrected chi connectivity index (χ0v) is 14.0. The van der Waals surface area contributed by atoms with Crippen molar-refractivity contribution in [3.63, 3.8) is 0 Å². The Kier molecular flexibility index (Phi) is 5.49. The van der Waals surface area contributed by atoms with Gasteiger partial charge in [-0.1, -0.05) is 6.92 Å². The molecule has 0 aromatic carbocycles. The summed E-state index contributed by atoms with van der Waals surface area (Å²) in [5.74, 6) is -2.21. The van der Waals surface area contributed by atoms with E-state index in [2.05, 4.69) is 4.99 Å². The molecule has 148 valence electrons. The number of rotatable bonds is 4. The van der Waals surface area contributed by atoms with Gasteiger partial charge in [0, 0.05) is 12.3 Å². The number of aliphatic hydroxyl groups excluding tert-OH is 5. The van der Waals surface area contributed by atoms with Crippen molar-refractivity contribution in [2.45, 2.75) is 68.4 Å². The Morgan fingerprint density at radius 2 is 1.77 bits per heavy atom. The van der Waals surface area contributed by atoms with Crippen LogP contribution in [0.1, 0.15) is 13.3 Å². The lowest BCUT2D eigenvalue weighted by Gasteiger charge is -2.48. The molecule has 2 saturated heterocycles. The minimum atomic E-state index is -1.84. The van der Waals surface area contributed by atoms with Crippen molar-refractivity contribution in [3.05, 3.63) is 0 Å². The molecular weight excluding hydrogens is 354 g/mol. The highest BCUT2D eigenvalue weighted by Crippen LogP contribution is 2.39. The fraction of sp³-hybridized carbons (Fsp3) is 0.867. The molecule has 0 bridgehead atoms. The number of hydrogen-bond donors (Lipinski definition) is 6. The smallest absolute Gasteiger partial charge is 0.335 e. The quantitative estimate of drug-likeness (QED) is 0.293. The fourth-order valence-electron chi connectivity index (χ4n) is 3.68. The third-order valence-corrected chi connectivity index (χ3v) is 5.06. The lowest BCUT2D eigenvalue weighted by atomic mass is 9.78. The van der Waals surface area contributed by atoms with Crippen molar-refractivity contribution < 1.29 is 49.6 Å². The van der Waals surface area contributed by atoms with Gasteiger partial charge in [0.2, 0.25) is 6.29 Å². The lowest BCUT2D eigenvalue weighted by Crippen LogP contribution is -2.67. The zero-order valence-electron chi connectivity index (χ0n) is 14.0. The van der Waals surface area contributed by atoms with E-state index in [-0.39, 0.29) is 0 Å². The van der Waals surface area contributed by atoms with E-state index >= 15 is 0 Å². The van der Waals surface area contributed by atoms with Crippen LogP contribution in [0, 0.1) is 5.92 Å². The van der Waals surface area contributed by atoms with Crippen LogP contribution in [0.3, 0.4) is 0 Å². The van der Waals surface area contributed by atoms with Crippen LogP contribution in [0.25, 0.3) is 0 Å². The largest absolute Gasteiger partial charge is 0.479 e. The molecule has 2 fully saturated rings. The van der Waals surface area contributed by atoms with Crippen molar-refractivity contribution >= 4 is 11.9 Å². The minimum absolute atomic E-state index is 0.344. The predicted molar refractivity (Wildman–Crippen MR) is 82.2 cm³/mol. The van der Waals surface area contributed by atoms with Gasteiger partial charge in [-0.25, -0.2) is 9.79 Å². The molecule has 3 aliphatic heterocycles. The number of carboxylic acid groups (broad SMARTS) is 1. The van der Waals surface area contributed by atoms with Gasteiger partial charge in [0.15, 0.2) is 12.0 Å². The Hall–Kier alpha value is -1.34. The highest BCUT2D eigenvalue weighted by molar-refractivity contribution is 5.77. The van der Waals surface area contributed by atoms with Gasteiger partial charge in [0.05, 0.1) is 18.8 Å². The topological polar surface area (TPSA) is 178 Å². The number of hydrogen-bond acceptors (Lipinski definition) is 10. The molecule has 0 aliphatic carbocycles. The molecule has 11 heteroatoms. The average Bonchev–Trinajstić information content (AvgIpc) is 3.02. The summed E-state index contributed by atoms with van der Waals surface area (Å²) >= 11 is 0. The molecular formula is C15H23NO10. The molecule has 1 unspecified atom stereocenters. The van der Waals surface area contributed by atoms with Crippen molar-refractivity contribution in [2.75, 3.05) is 6.61 Å². The minimum Gasteiger partial charge on any atom is -0.479 e. The van der Waals surface area contributed by atoms with Crippen LogP contribution in [0.4, 0.5) is 0 Å². The van der Waals surface area contributed by atoms with Crippen LogP contribution in [-0.2, 0) is 19.0 Å². The van der Waals surface area contributed by atoms with E-state index in [1.807, 2.05) is 0 Å². The third kappa shape index (κ3) is 3.09. The number of carboxylic acids is 1. The third-order valence-electron chi connectivity index (χ3n) is 5.06. The van der Waals surface area contributed by atoms with Crippen molar-refractivity contribution in [3.8, 4) is 0 Å². The first-order valence-electron chi connectivity index (χ1n) is 8.40. The van der Waals surface area contributed by atoms with Gasteiger partial charge in [0.25, 0.3) is 0 Å². The molecule has 26 heavy (non-hydrogen) atoms. The standard InChI is InChI=1S/C15H23NO10/c1-2-5-16-7-6(8(18)4(3-17)24-15(7)25-5)12-10(20)9(19)11(21)13(26-12)14(22)23/h4,6-13,15,17-21H,2-3H2,1H3,(H,22,23)/t4-,6?,7-,8+,9-,10-,11+,12+,13+,15-/m1/s1. The van der Waals surface area contributed by atoms with Gasteiger partial charge in [-0.2, -0.15) is 0 Å². The van der Waals surface area contributed by atoms with E-state index in [9.17, 15) is 35.4 Å². The van der Waals surface area contributed by atoms with E-state index in [1.54, 1.807) is 6.92 Å². The first-order chi connectivity index (χ1) is 12.3. The Morgan fingerprint density at radius 3 is 2.35 bits per heavy atom. The molecule has 6 N–H and O–H groups in total. The van der Waals surface area contributed by atoms with Crippen molar-refractivity contribution in [2.24, 2.45) is 10.9 Å². The average molecular weight is 377 g/mol. The van der Waals surface area contributed by atoms with Gasteiger partial charge in [-0.3, -0.25) is 0 Å². The van der Waals surface area contributed by atoms with Crippen molar-refractivity contribution in [1.82, 2.24) is 0 Å². The summed E-state index contributed by atoms with van der Waals surface area (Å²) in [7, 11) is 0. The van der Waals surface area contributed by atoms with Gasteiger partial charge >= 0.3 is 5.97 Å². The number of aliphatic carboxylic acids is 1. The maximum absolute atomic E-state index is 11.3. The molecule has 0 radical (unpaired) electrons. The molecule has 10 atom stereocenters. The van der Waals surface area contributed by atoms with Gasteiger partial charge in [-0.15, -0.1) is 0 Å². The summed E-state index contributed by atoms with van der Waals surface area (Å²) in [6, 6.07) is -0.834. The Bertz CT molecular complexity index is 571. The summed E-state index contributed by atoms with van der Waals surface area (Å²) in [5.41, 5.74) is 0. The van der Waals surface area contributed by atoms with E-state index < -0.39 is 73.6 Å². The second kappa shape index (κ2) is 7.35. The molecule has 0 spiro atoms. The van der Waals surface area contributed by atoms with Crippen LogP contribution < -0.4 is 0 Å². The van der Waals surface area contributed by atoms with E-state index in [0.29, 0.717) is 12.3 Å². The first kappa shape index (κ1) is 19.4. The summed E-state index contributed by atoms with van der Waals surface area (Å²) in [6.45, 7) is 1.24. The maximum atomic E-state index is 11.3. The molecule has 0 aromatic rings. The second-order valence-electron chi connectivity index (χ2n) is 6.61. The highest BCUT2D eigenvalue weighted by Gasteiger charge is 2.58. The molecule has 0 saturated carbocycles. The summed E-state index contributed by atoms with van der Waals surface area (Å²) in [4.78, 5) is 15.6. The zero-order chi connectivity index (χ0) is 19.2. The molecule has 3 rings (SSSR count). The number of fused-ring (bicyclic) bond motifs is 1. The number of aliphatic imine (C=N–C) groups is 1. The Labute approximate surface area is 148 Å². The summed E-state index contributed by atoms with van der Waals surface area (Å²) < 4.78 is 16.3. The van der Waals surface area contributed by atoms with E-state index in [0.717, 1.165) is 0 Å². The van der Waals surface area contributed by atoms with Crippen molar-refractivity contribution in [1.29, 1.82) is 0 Å². The molecule has 11 nitrogen and oxygen atoms in total. The molecule has 3 heterocycles. The Balaban J connectivity index is 1.94. The fourth-order valence-corrected chi connectivity index (χ4v) is 3.68. The van der Waals surface area contributed by atoms with Crippen LogP contribution in [0.2, 0.25) is 0 Å². The van der Waals surface area contributed by atoms with E-state index in [1.165, 1.54) is 0 Å². The monoisotopic (exact) mass is 377 g/mol. The molecule has 3 aliphatic rings. The van der Waals surface area contributed by atoms with Gasteiger partial charge in [0.1, 0.15) is 30.5 Å². The van der Waals surface area contributed by atoms with E-state index in [4.69, 9.17) is 14.2 Å². The van der Waals surface area contributed by atoms with Crippen LogP contribution in [-0.4, -0.2) is 104 Å². The van der Waals surface area contributed by atoms with Gasteiger partial charge in [-0.05, 0) is 0 Å². The first-order valence-corrected chi connectivity index (χ1v) is 8.40. The van der Waals surface area contributed by atoms with Crippen LogP contribution in [0.15, 0.2) is 4.99 Å². The number of nitrogens with zero attached hydrogens (tertiary/aromatic N) is 1. The summed E-state index contributed by atoms with van der Waals surface area (Å²) in [5, 5.41) is 59.5. The Morgan fingerprint density at radius 1 is 1.08 bits per heavy atom.